The number of carbonyl (C=O) groups excluding carboxylic acids is 3. The van der Waals surface area contributed by atoms with E-state index in [0.29, 0.717) is 12.2 Å². The van der Waals surface area contributed by atoms with Crippen molar-refractivity contribution in [3.05, 3.63) is 50.8 Å². The van der Waals surface area contributed by atoms with E-state index in [9.17, 15) is 14.4 Å². The standard InChI is InChI=1S/C19H20BrN5O5S/c1-4-29-18(27)14-11(3)15(19(28)30-5-2)31-17(14)22-16(26)13-6-7-24(23-13)10-25-9-12(20)8-21-25/h6-9H,4-5,10H2,1-3H3,(H,22,26). The summed E-state index contributed by atoms with van der Waals surface area (Å²) < 4.78 is 14.2. The third-order valence-electron chi connectivity index (χ3n) is 4.08. The lowest BCUT2D eigenvalue weighted by molar-refractivity contribution is 0.0527. The van der Waals surface area contributed by atoms with E-state index in [1.54, 1.807) is 54.8 Å². The lowest BCUT2D eigenvalue weighted by Crippen LogP contribution is -2.16. The fourth-order valence-corrected chi connectivity index (χ4v) is 4.15. The number of hydrogen-bond acceptors (Lipinski definition) is 8. The fraction of sp³-hybridized carbons (Fsp3) is 0.316. The molecule has 0 radical (unpaired) electrons. The van der Waals surface area contributed by atoms with Crippen molar-refractivity contribution in [1.82, 2.24) is 19.6 Å². The highest BCUT2D eigenvalue weighted by Crippen LogP contribution is 2.34. The monoisotopic (exact) mass is 509 g/mol. The van der Waals surface area contributed by atoms with E-state index in [0.717, 1.165) is 15.8 Å². The molecule has 0 saturated heterocycles. The van der Waals surface area contributed by atoms with Gasteiger partial charge in [0.05, 0.1) is 29.4 Å². The lowest BCUT2D eigenvalue weighted by atomic mass is 10.1. The molecule has 31 heavy (non-hydrogen) atoms. The van der Waals surface area contributed by atoms with Crippen molar-refractivity contribution < 1.29 is 23.9 Å². The Balaban J connectivity index is 1.83. The molecule has 0 aromatic carbocycles. The average molecular weight is 510 g/mol. The van der Waals surface area contributed by atoms with Crippen LogP contribution in [0.1, 0.15) is 49.9 Å². The molecule has 0 atom stereocenters. The van der Waals surface area contributed by atoms with Gasteiger partial charge in [0.15, 0.2) is 5.69 Å². The second-order valence-corrected chi connectivity index (χ2v) is 8.17. The van der Waals surface area contributed by atoms with Crippen LogP contribution in [0.4, 0.5) is 5.00 Å². The van der Waals surface area contributed by atoms with Gasteiger partial charge in [-0.3, -0.25) is 9.48 Å². The molecule has 12 heteroatoms. The van der Waals surface area contributed by atoms with Crippen LogP contribution < -0.4 is 5.32 Å². The number of nitrogens with one attached hydrogen (secondary N) is 1. The smallest absolute Gasteiger partial charge is 0.348 e. The Kier molecular flexibility index (Phi) is 7.23. The minimum Gasteiger partial charge on any atom is -0.462 e. The molecule has 0 saturated carbocycles. The first-order chi connectivity index (χ1) is 14.8. The highest BCUT2D eigenvalue weighted by molar-refractivity contribution is 9.10. The van der Waals surface area contributed by atoms with Crippen molar-refractivity contribution in [3.63, 3.8) is 0 Å². The van der Waals surface area contributed by atoms with Crippen LogP contribution in [-0.2, 0) is 16.1 Å². The molecule has 3 aromatic rings. The summed E-state index contributed by atoms with van der Waals surface area (Å²) in [5.74, 6) is -1.72. The topological polar surface area (TPSA) is 117 Å². The highest BCUT2D eigenvalue weighted by atomic mass is 79.9. The number of hydrogen-bond donors (Lipinski definition) is 1. The SMILES string of the molecule is CCOC(=O)c1sc(NC(=O)c2ccn(Cn3cc(Br)cn3)n2)c(C(=O)OCC)c1C. The summed E-state index contributed by atoms with van der Waals surface area (Å²) in [6, 6.07) is 1.55. The number of esters is 2. The summed E-state index contributed by atoms with van der Waals surface area (Å²) in [6.45, 7) is 5.64. The first kappa shape index (κ1) is 22.7. The van der Waals surface area contributed by atoms with Gasteiger partial charge < -0.3 is 14.8 Å². The van der Waals surface area contributed by atoms with E-state index in [4.69, 9.17) is 9.47 Å². The van der Waals surface area contributed by atoms with Crippen LogP contribution in [0.3, 0.4) is 0 Å². The van der Waals surface area contributed by atoms with Crippen molar-refractivity contribution in [2.45, 2.75) is 27.4 Å². The van der Waals surface area contributed by atoms with Gasteiger partial charge in [0, 0.05) is 12.4 Å². The zero-order valence-electron chi connectivity index (χ0n) is 17.0. The normalized spacial score (nSPS) is 10.7. The molecule has 3 aromatic heterocycles. The van der Waals surface area contributed by atoms with Gasteiger partial charge in [-0.05, 0) is 48.3 Å². The van der Waals surface area contributed by atoms with Crippen molar-refractivity contribution in [3.8, 4) is 0 Å². The maximum Gasteiger partial charge on any atom is 0.348 e. The summed E-state index contributed by atoms with van der Waals surface area (Å²) in [5.41, 5.74) is 0.667. The molecule has 0 bridgehead atoms. The number of thiophene rings is 1. The Morgan fingerprint density at radius 2 is 1.87 bits per heavy atom. The maximum absolute atomic E-state index is 12.8. The van der Waals surface area contributed by atoms with Crippen LogP contribution in [-0.4, -0.2) is 50.6 Å². The molecule has 1 amide bonds. The number of nitrogens with zero attached hydrogens (tertiary/aromatic N) is 4. The van der Waals surface area contributed by atoms with Gasteiger partial charge in [0.2, 0.25) is 0 Å². The van der Waals surface area contributed by atoms with E-state index >= 15 is 0 Å². The van der Waals surface area contributed by atoms with Gasteiger partial charge in [-0.2, -0.15) is 10.2 Å². The minimum absolute atomic E-state index is 0.129. The number of amides is 1. The van der Waals surface area contributed by atoms with Gasteiger partial charge in [-0.1, -0.05) is 0 Å². The molecular weight excluding hydrogens is 490 g/mol. The Morgan fingerprint density at radius 1 is 1.16 bits per heavy atom. The molecule has 1 N–H and O–H groups in total. The van der Waals surface area contributed by atoms with E-state index in [2.05, 4.69) is 31.4 Å². The van der Waals surface area contributed by atoms with Crippen LogP contribution >= 0.6 is 27.3 Å². The van der Waals surface area contributed by atoms with E-state index in [1.165, 1.54) is 0 Å². The zero-order valence-corrected chi connectivity index (χ0v) is 19.4. The molecule has 0 spiro atoms. The largest absolute Gasteiger partial charge is 0.462 e. The molecular formula is C19H20BrN5O5S. The lowest BCUT2D eigenvalue weighted by Gasteiger charge is -2.06. The number of rotatable bonds is 8. The number of halogens is 1. The number of aromatic nitrogens is 4. The summed E-state index contributed by atoms with van der Waals surface area (Å²) in [5, 5.41) is 11.3. The molecule has 0 aliphatic rings. The van der Waals surface area contributed by atoms with Crippen molar-refractivity contribution in [1.29, 1.82) is 0 Å². The Bertz CT molecular complexity index is 1120. The molecule has 3 rings (SSSR count). The van der Waals surface area contributed by atoms with E-state index in [1.807, 2.05) is 0 Å². The summed E-state index contributed by atoms with van der Waals surface area (Å²) in [7, 11) is 0. The first-order valence-electron chi connectivity index (χ1n) is 9.34. The van der Waals surface area contributed by atoms with E-state index in [-0.39, 0.29) is 34.3 Å². The number of anilines is 1. The van der Waals surface area contributed by atoms with Crippen LogP contribution in [0.15, 0.2) is 29.1 Å². The Hall–Kier alpha value is -2.99. The Morgan fingerprint density at radius 3 is 2.52 bits per heavy atom. The number of carbonyl (C=O) groups is 3. The van der Waals surface area contributed by atoms with Crippen LogP contribution in [0.25, 0.3) is 0 Å². The van der Waals surface area contributed by atoms with Crippen LogP contribution in [0, 0.1) is 6.92 Å². The quantitative estimate of drug-likeness (QED) is 0.462. The highest BCUT2D eigenvalue weighted by Gasteiger charge is 2.27. The predicted octanol–water partition coefficient (Wildman–Crippen LogP) is 3.32. The average Bonchev–Trinajstić information content (AvgIpc) is 3.42. The van der Waals surface area contributed by atoms with Gasteiger partial charge in [0.1, 0.15) is 16.5 Å². The van der Waals surface area contributed by atoms with Crippen molar-refractivity contribution >= 4 is 50.1 Å². The third-order valence-corrected chi connectivity index (χ3v) is 5.68. The van der Waals surface area contributed by atoms with Crippen LogP contribution in [0.2, 0.25) is 0 Å². The molecule has 0 aliphatic carbocycles. The zero-order chi connectivity index (χ0) is 22.5. The summed E-state index contributed by atoms with van der Waals surface area (Å²) in [4.78, 5) is 37.7. The number of ether oxygens (including phenoxy) is 2. The molecule has 3 heterocycles. The van der Waals surface area contributed by atoms with Crippen molar-refractivity contribution in [2.75, 3.05) is 18.5 Å². The van der Waals surface area contributed by atoms with Gasteiger partial charge >= 0.3 is 11.9 Å². The molecule has 164 valence electrons. The second kappa shape index (κ2) is 9.88. The fourth-order valence-electron chi connectivity index (χ4n) is 2.73. The first-order valence-corrected chi connectivity index (χ1v) is 10.9. The van der Waals surface area contributed by atoms with Crippen molar-refractivity contribution in [2.24, 2.45) is 0 Å². The maximum atomic E-state index is 12.8. The van der Waals surface area contributed by atoms with Gasteiger partial charge in [-0.15, -0.1) is 11.3 Å². The molecule has 0 fully saturated rings. The molecule has 0 unspecified atom stereocenters. The summed E-state index contributed by atoms with van der Waals surface area (Å²) in [6.07, 6.45) is 5.06. The minimum atomic E-state index is -0.628. The molecule has 0 aliphatic heterocycles. The van der Waals surface area contributed by atoms with Gasteiger partial charge in [-0.25, -0.2) is 14.3 Å². The van der Waals surface area contributed by atoms with E-state index < -0.39 is 17.8 Å². The summed E-state index contributed by atoms with van der Waals surface area (Å²) >= 11 is 4.28. The molecule has 10 nitrogen and oxygen atoms in total. The third kappa shape index (κ3) is 5.20. The Labute approximate surface area is 190 Å². The predicted molar refractivity (Wildman–Crippen MR) is 116 cm³/mol. The van der Waals surface area contributed by atoms with Gasteiger partial charge in [0.25, 0.3) is 5.91 Å². The van der Waals surface area contributed by atoms with Crippen LogP contribution in [0.5, 0.6) is 0 Å². The second-order valence-electron chi connectivity index (χ2n) is 6.24.